The third kappa shape index (κ3) is 4.24. The average molecular weight is 369 g/mol. The smallest absolute Gasteiger partial charge is 0.305 e. The Hall–Kier alpha value is -0.690. The van der Waals surface area contributed by atoms with Crippen molar-refractivity contribution in [3.63, 3.8) is 0 Å². The fourth-order valence-corrected chi connectivity index (χ4v) is 5.32. The first kappa shape index (κ1) is 20.1. The van der Waals surface area contributed by atoms with Gasteiger partial charge in [0.15, 0.2) is 0 Å². The predicted octanol–water partition coefficient (Wildman–Crippen LogP) is 2.36. The molecule has 3 aliphatic heterocycles. The highest BCUT2D eigenvalue weighted by Gasteiger charge is 2.46. The molecular formula is C20H36N2O4. The van der Waals surface area contributed by atoms with Crippen LogP contribution in [0.25, 0.3) is 0 Å². The standard InChI is InChI=1S/C20H36N2O4/c1-19(2,21-9-10-25-14-17(21)11-18(23)24)7-8-20(3,4)22-15-5-6-16(22)13-26-12-15/h15-17H,5-14H2,1-4H3,(H,23,24). The maximum Gasteiger partial charge on any atom is 0.305 e. The molecule has 3 fully saturated rings. The lowest BCUT2D eigenvalue weighted by atomic mass is 9.85. The molecule has 3 saturated heterocycles. The van der Waals surface area contributed by atoms with Gasteiger partial charge < -0.3 is 14.6 Å². The van der Waals surface area contributed by atoms with Crippen LogP contribution >= 0.6 is 0 Å². The van der Waals surface area contributed by atoms with Crippen LogP contribution in [-0.4, -0.2) is 83.1 Å². The van der Waals surface area contributed by atoms with Gasteiger partial charge in [-0.15, -0.1) is 0 Å². The van der Waals surface area contributed by atoms with E-state index in [0.29, 0.717) is 25.3 Å². The molecule has 0 aromatic rings. The number of morpholine rings is 2. The molecule has 3 atom stereocenters. The number of carboxylic acids is 1. The molecule has 6 nitrogen and oxygen atoms in total. The summed E-state index contributed by atoms with van der Waals surface area (Å²) < 4.78 is 11.3. The van der Waals surface area contributed by atoms with Crippen LogP contribution in [0.5, 0.6) is 0 Å². The van der Waals surface area contributed by atoms with Crippen LogP contribution in [0.3, 0.4) is 0 Å². The fourth-order valence-electron chi connectivity index (χ4n) is 5.32. The van der Waals surface area contributed by atoms with E-state index in [9.17, 15) is 9.90 Å². The molecule has 3 heterocycles. The molecule has 2 bridgehead atoms. The Morgan fingerprint density at radius 3 is 2.23 bits per heavy atom. The quantitative estimate of drug-likeness (QED) is 0.744. The molecule has 3 rings (SSSR count). The van der Waals surface area contributed by atoms with Gasteiger partial charge in [0.2, 0.25) is 0 Å². The van der Waals surface area contributed by atoms with E-state index in [1.807, 2.05) is 0 Å². The molecule has 26 heavy (non-hydrogen) atoms. The van der Waals surface area contributed by atoms with Crippen LogP contribution < -0.4 is 0 Å². The Balaban J connectivity index is 1.63. The molecule has 0 saturated carbocycles. The van der Waals surface area contributed by atoms with Crippen molar-refractivity contribution in [1.29, 1.82) is 0 Å². The van der Waals surface area contributed by atoms with Gasteiger partial charge in [-0.2, -0.15) is 0 Å². The molecule has 150 valence electrons. The molecule has 0 aromatic carbocycles. The SMILES string of the molecule is CC(C)(CCC(C)(C)N1C2CCC1COC2)N1CCOCC1CC(=O)O. The van der Waals surface area contributed by atoms with Gasteiger partial charge in [0, 0.05) is 35.7 Å². The van der Waals surface area contributed by atoms with Gasteiger partial charge in [-0.1, -0.05) is 0 Å². The zero-order chi connectivity index (χ0) is 18.9. The van der Waals surface area contributed by atoms with E-state index in [1.54, 1.807) is 0 Å². The van der Waals surface area contributed by atoms with Gasteiger partial charge in [0.25, 0.3) is 0 Å². The average Bonchev–Trinajstić information content (AvgIpc) is 2.84. The van der Waals surface area contributed by atoms with Crippen molar-refractivity contribution in [2.75, 3.05) is 33.0 Å². The van der Waals surface area contributed by atoms with E-state index < -0.39 is 5.97 Å². The normalized spacial score (nSPS) is 31.3. The minimum absolute atomic E-state index is 0.0288. The summed E-state index contributed by atoms with van der Waals surface area (Å²) in [5.41, 5.74) is 0.105. The first-order valence-electron chi connectivity index (χ1n) is 10.1. The summed E-state index contributed by atoms with van der Waals surface area (Å²) in [5, 5.41) is 9.24. The van der Waals surface area contributed by atoms with E-state index in [0.717, 1.165) is 32.6 Å². The van der Waals surface area contributed by atoms with Crippen molar-refractivity contribution in [3.8, 4) is 0 Å². The number of rotatable bonds is 7. The molecule has 3 aliphatic rings. The number of hydrogen-bond donors (Lipinski definition) is 1. The molecular weight excluding hydrogens is 332 g/mol. The molecule has 3 unspecified atom stereocenters. The van der Waals surface area contributed by atoms with Crippen molar-refractivity contribution in [2.45, 2.75) is 89.0 Å². The van der Waals surface area contributed by atoms with Crippen molar-refractivity contribution in [3.05, 3.63) is 0 Å². The van der Waals surface area contributed by atoms with Gasteiger partial charge in [0.1, 0.15) is 0 Å². The highest BCUT2D eigenvalue weighted by molar-refractivity contribution is 5.67. The maximum absolute atomic E-state index is 11.2. The Labute approximate surface area is 157 Å². The molecule has 0 radical (unpaired) electrons. The summed E-state index contributed by atoms with van der Waals surface area (Å²) in [6, 6.07) is 1.10. The molecule has 0 spiro atoms. The molecule has 0 aromatic heterocycles. The van der Waals surface area contributed by atoms with Gasteiger partial charge in [-0.25, -0.2) is 0 Å². The minimum atomic E-state index is -0.744. The van der Waals surface area contributed by atoms with Crippen LogP contribution in [0.4, 0.5) is 0 Å². The summed E-state index contributed by atoms with van der Waals surface area (Å²) in [6.07, 6.45) is 4.81. The molecule has 0 aliphatic carbocycles. The summed E-state index contributed by atoms with van der Waals surface area (Å²) >= 11 is 0. The van der Waals surface area contributed by atoms with Crippen LogP contribution in [-0.2, 0) is 14.3 Å². The molecule has 0 amide bonds. The van der Waals surface area contributed by atoms with Crippen molar-refractivity contribution in [1.82, 2.24) is 9.80 Å². The topological polar surface area (TPSA) is 62.2 Å². The number of carbonyl (C=O) groups is 1. The Bertz CT molecular complexity index is 492. The summed E-state index contributed by atoms with van der Waals surface area (Å²) in [7, 11) is 0. The van der Waals surface area contributed by atoms with Crippen molar-refractivity contribution < 1.29 is 19.4 Å². The Morgan fingerprint density at radius 2 is 1.62 bits per heavy atom. The number of ether oxygens (including phenoxy) is 2. The zero-order valence-electron chi connectivity index (χ0n) is 16.9. The highest BCUT2D eigenvalue weighted by Crippen LogP contribution is 2.39. The van der Waals surface area contributed by atoms with E-state index in [1.165, 1.54) is 12.8 Å². The van der Waals surface area contributed by atoms with E-state index in [-0.39, 0.29) is 23.5 Å². The lowest BCUT2D eigenvalue weighted by molar-refractivity contribution is -0.142. The predicted molar refractivity (Wildman–Crippen MR) is 100 cm³/mol. The second-order valence-corrected chi connectivity index (χ2v) is 9.47. The lowest BCUT2D eigenvalue weighted by Gasteiger charge is -2.50. The number of hydrogen-bond acceptors (Lipinski definition) is 5. The Kier molecular flexibility index (Phi) is 5.97. The summed E-state index contributed by atoms with van der Waals surface area (Å²) in [6.45, 7) is 13.0. The third-order valence-corrected chi connectivity index (χ3v) is 6.70. The fraction of sp³-hybridized carbons (Fsp3) is 0.950. The second kappa shape index (κ2) is 7.74. The summed E-state index contributed by atoms with van der Waals surface area (Å²) in [4.78, 5) is 16.3. The van der Waals surface area contributed by atoms with Gasteiger partial charge in [0.05, 0.1) is 32.8 Å². The zero-order valence-corrected chi connectivity index (χ0v) is 16.9. The van der Waals surface area contributed by atoms with Crippen molar-refractivity contribution >= 4 is 5.97 Å². The second-order valence-electron chi connectivity index (χ2n) is 9.47. The lowest BCUT2D eigenvalue weighted by Crippen LogP contribution is -2.59. The van der Waals surface area contributed by atoms with Crippen LogP contribution in [0.2, 0.25) is 0 Å². The van der Waals surface area contributed by atoms with Crippen molar-refractivity contribution in [2.24, 2.45) is 0 Å². The summed E-state index contributed by atoms with van der Waals surface area (Å²) in [5.74, 6) is -0.744. The number of carboxylic acid groups (broad SMARTS) is 1. The van der Waals surface area contributed by atoms with E-state index in [2.05, 4.69) is 37.5 Å². The minimum Gasteiger partial charge on any atom is -0.481 e. The van der Waals surface area contributed by atoms with E-state index >= 15 is 0 Å². The third-order valence-electron chi connectivity index (χ3n) is 6.70. The number of fused-ring (bicyclic) bond motifs is 2. The Morgan fingerprint density at radius 1 is 1.00 bits per heavy atom. The van der Waals surface area contributed by atoms with Gasteiger partial charge in [-0.3, -0.25) is 14.6 Å². The number of aliphatic carboxylic acids is 1. The monoisotopic (exact) mass is 368 g/mol. The van der Waals surface area contributed by atoms with Crippen LogP contribution in [0.1, 0.15) is 59.8 Å². The van der Waals surface area contributed by atoms with Gasteiger partial charge >= 0.3 is 5.97 Å². The first-order chi connectivity index (χ1) is 12.2. The highest BCUT2D eigenvalue weighted by atomic mass is 16.5. The van der Waals surface area contributed by atoms with E-state index in [4.69, 9.17) is 9.47 Å². The number of nitrogens with zero attached hydrogens (tertiary/aromatic N) is 2. The van der Waals surface area contributed by atoms with Crippen LogP contribution in [0, 0.1) is 0 Å². The first-order valence-corrected chi connectivity index (χ1v) is 10.1. The maximum atomic E-state index is 11.2. The molecule has 6 heteroatoms. The molecule has 1 N–H and O–H groups in total. The van der Waals surface area contributed by atoms with Crippen LogP contribution in [0.15, 0.2) is 0 Å². The largest absolute Gasteiger partial charge is 0.481 e. The van der Waals surface area contributed by atoms with Gasteiger partial charge in [-0.05, 0) is 53.4 Å².